The largest absolute Gasteiger partial charge is 0.546 e. The van der Waals surface area contributed by atoms with Crippen LogP contribution in [0.3, 0.4) is 0 Å². The maximum atomic E-state index is 11.5. The van der Waals surface area contributed by atoms with Crippen molar-refractivity contribution in [2.75, 3.05) is 13.7 Å². The fourth-order valence-corrected chi connectivity index (χ4v) is 1.79. The average Bonchev–Trinajstić information content (AvgIpc) is 3.34. The van der Waals surface area contributed by atoms with Gasteiger partial charge in [-0.2, -0.15) is 5.10 Å². The van der Waals surface area contributed by atoms with Crippen molar-refractivity contribution in [3.05, 3.63) is 23.8 Å². The van der Waals surface area contributed by atoms with Gasteiger partial charge in [0, 0.05) is 11.5 Å². The molecule has 1 aromatic rings. The highest BCUT2D eigenvalue weighted by molar-refractivity contribution is 6.00. The quantitative estimate of drug-likeness (QED) is 0.568. The maximum Gasteiger partial charge on any atom is 0.243 e. The Balaban J connectivity index is 2.08. The van der Waals surface area contributed by atoms with E-state index in [0.29, 0.717) is 17.2 Å². The summed E-state index contributed by atoms with van der Waals surface area (Å²) < 4.78 is 10.2. The van der Waals surface area contributed by atoms with E-state index in [2.05, 4.69) is 10.5 Å². The number of carbonyl (C=O) groups is 2. The van der Waals surface area contributed by atoms with Gasteiger partial charge in [-0.25, -0.2) is 5.43 Å². The van der Waals surface area contributed by atoms with Crippen molar-refractivity contribution in [1.82, 2.24) is 5.43 Å². The van der Waals surface area contributed by atoms with Crippen LogP contribution in [0.15, 0.2) is 23.3 Å². The lowest BCUT2D eigenvalue weighted by atomic mass is 10.1. The number of amides is 1. The van der Waals surface area contributed by atoms with Crippen LogP contribution in [0, 0.1) is 5.92 Å². The number of rotatable bonds is 7. The van der Waals surface area contributed by atoms with Crippen molar-refractivity contribution in [1.29, 1.82) is 0 Å². The number of nitrogens with one attached hydrogen (secondary N) is 1. The number of nitrogens with zero attached hydrogens (tertiary/aromatic N) is 1. The first-order valence-electron chi connectivity index (χ1n) is 6.86. The van der Waals surface area contributed by atoms with Crippen LogP contribution in [0.1, 0.15) is 25.3 Å². The van der Waals surface area contributed by atoms with E-state index < -0.39 is 12.6 Å². The summed E-state index contributed by atoms with van der Waals surface area (Å²) >= 11 is 0. The van der Waals surface area contributed by atoms with E-state index >= 15 is 0 Å². The molecule has 0 radical (unpaired) electrons. The summed E-state index contributed by atoms with van der Waals surface area (Å²) in [6.45, 7) is 1.20. The van der Waals surface area contributed by atoms with Crippen LogP contribution in [0.5, 0.6) is 11.5 Å². The summed E-state index contributed by atoms with van der Waals surface area (Å²) in [7, 11) is 1.45. The van der Waals surface area contributed by atoms with Gasteiger partial charge >= 0.3 is 0 Å². The first-order chi connectivity index (χ1) is 10.5. The number of carboxylic acids is 1. The average molecular weight is 305 g/mol. The fraction of sp³-hybridized carbons (Fsp3) is 0.400. The van der Waals surface area contributed by atoms with Crippen LogP contribution >= 0.6 is 0 Å². The van der Waals surface area contributed by atoms with Gasteiger partial charge in [-0.1, -0.05) is 0 Å². The van der Waals surface area contributed by atoms with Crippen LogP contribution < -0.4 is 20.0 Å². The molecule has 0 aromatic heterocycles. The van der Waals surface area contributed by atoms with Crippen molar-refractivity contribution < 1.29 is 24.2 Å². The standard InChI is InChI=1S/C15H18N2O5/c1-9(16-17-15(20)10-3-4-10)11-5-6-12(13(7-11)21-2)22-8-14(18)19/h5-7,10H,3-4,8H2,1-2H3,(H,17,20)(H,18,19)/p-1/b16-9-. The molecule has 7 nitrogen and oxygen atoms in total. The molecule has 0 saturated heterocycles. The van der Waals surface area contributed by atoms with Gasteiger partial charge in [-0.15, -0.1) is 0 Å². The second-order valence-corrected chi connectivity index (χ2v) is 4.97. The molecule has 1 aliphatic carbocycles. The second-order valence-electron chi connectivity index (χ2n) is 4.97. The minimum Gasteiger partial charge on any atom is -0.546 e. The highest BCUT2D eigenvalue weighted by Crippen LogP contribution is 2.29. The molecule has 0 unspecified atom stereocenters. The molecule has 7 heteroatoms. The normalized spacial score (nSPS) is 14.4. The lowest BCUT2D eigenvalue weighted by Crippen LogP contribution is -2.29. The Bertz CT molecular complexity index is 608. The minimum absolute atomic E-state index is 0.0692. The third kappa shape index (κ3) is 4.21. The van der Waals surface area contributed by atoms with Crippen LogP contribution in [0.2, 0.25) is 0 Å². The topological polar surface area (TPSA) is 100 Å². The molecule has 118 valence electrons. The Morgan fingerprint density at radius 1 is 1.36 bits per heavy atom. The van der Waals surface area contributed by atoms with Crippen LogP contribution in [-0.2, 0) is 9.59 Å². The van der Waals surface area contributed by atoms with Gasteiger partial charge < -0.3 is 19.4 Å². The molecular weight excluding hydrogens is 288 g/mol. The highest BCUT2D eigenvalue weighted by Gasteiger charge is 2.29. The number of hydrogen-bond acceptors (Lipinski definition) is 6. The lowest BCUT2D eigenvalue weighted by Gasteiger charge is -2.12. The number of hydrazone groups is 1. The van der Waals surface area contributed by atoms with E-state index in [1.807, 2.05) is 0 Å². The van der Waals surface area contributed by atoms with Crippen LogP contribution in [0.25, 0.3) is 0 Å². The SMILES string of the molecule is COc1cc(/C(C)=N\NC(=O)C2CC2)ccc1OCC(=O)[O-]. The molecule has 1 aromatic carbocycles. The predicted molar refractivity (Wildman–Crippen MR) is 76.6 cm³/mol. The van der Waals surface area contributed by atoms with Gasteiger partial charge in [0.1, 0.15) is 6.61 Å². The zero-order valence-electron chi connectivity index (χ0n) is 12.4. The number of ether oxygens (including phenoxy) is 2. The maximum absolute atomic E-state index is 11.5. The van der Waals surface area contributed by atoms with Gasteiger partial charge in [-0.05, 0) is 38.0 Å². The van der Waals surface area contributed by atoms with E-state index in [-0.39, 0.29) is 11.8 Å². The summed E-state index contributed by atoms with van der Waals surface area (Å²) in [4.78, 5) is 22.0. The molecule has 22 heavy (non-hydrogen) atoms. The summed E-state index contributed by atoms with van der Waals surface area (Å²) in [6, 6.07) is 4.95. The number of hydrogen-bond donors (Lipinski definition) is 1. The first-order valence-corrected chi connectivity index (χ1v) is 6.86. The van der Waals surface area contributed by atoms with E-state index in [9.17, 15) is 14.7 Å². The molecule has 1 aliphatic rings. The third-order valence-corrected chi connectivity index (χ3v) is 3.21. The smallest absolute Gasteiger partial charge is 0.243 e. The van der Waals surface area contributed by atoms with Crippen molar-refractivity contribution >= 4 is 17.6 Å². The van der Waals surface area contributed by atoms with Gasteiger partial charge in [-0.3, -0.25) is 4.79 Å². The molecule has 1 N–H and O–H groups in total. The summed E-state index contributed by atoms with van der Waals surface area (Å²) in [6.07, 6.45) is 1.83. The molecule has 1 fully saturated rings. The molecule has 0 atom stereocenters. The summed E-state index contributed by atoms with van der Waals surface area (Å²) in [5.74, 6) is -0.620. The van der Waals surface area contributed by atoms with E-state index in [4.69, 9.17) is 9.47 Å². The van der Waals surface area contributed by atoms with Gasteiger partial charge in [0.25, 0.3) is 0 Å². The first kappa shape index (κ1) is 15.8. The zero-order chi connectivity index (χ0) is 16.1. The predicted octanol–water partition coefficient (Wildman–Crippen LogP) is 0.0741. The van der Waals surface area contributed by atoms with Crippen molar-refractivity contribution in [2.24, 2.45) is 11.0 Å². The van der Waals surface area contributed by atoms with Gasteiger partial charge in [0.05, 0.1) is 18.8 Å². The minimum atomic E-state index is -1.31. The molecule has 2 rings (SSSR count). The Morgan fingerprint density at radius 2 is 2.09 bits per heavy atom. The highest BCUT2D eigenvalue weighted by atomic mass is 16.5. The zero-order valence-corrected chi connectivity index (χ0v) is 12.4. The summed E-state index contributed by atoms with van der Waals surface area (Å²) in [5, 5.41) is 14.5. The monoisotopic (exact) mass is 305 g/mol. The molecule has 0 heterocycles. The van der Waals surface area contributed by atoms with Crippen LogP contribution in [-0.4, -0.2) is 31.3 Å². The van der Waals surface area contributed by atoms with Crippen LogP contribution in [0.4, 0.5) is 0 Å². The lowest BCUT2D eigenvalue weighted by molar-refractivity contribution is -0.307. The van der Waals surface area contributed by atoms with Gasteiger partial charge in [0.2, 0.25) is 5.91 Å². The second kappa shape index (κ2) is 6.93. The van der Waals surface area contributed by atoms with E-state index in [1.165, 1.54) is 7.11 Å². The number of benzene rings is 1. The molecule has 0 aliphatic heterocycles. The molecular formula is C15H17N2O5-. The number of carbonyl (C=O) groups excluding carboxylic acids is 2. The molecule has 1 amide bonds. The molecule has 0 spiro atoms. The van der Waals surface area contributed by atoms with E-state index in [0.717, 1.165) is 18.4 Å². The third-order valence-electron chi connectivity index (χ3n) is 3.21. The Labute approximate surface area is 127 Å². The molecule has 0 bridgehead atoms. The van der Waals surface area contributed by atoms with Crippen molar-refractivity contribution in [2.45, 2.75) is 19.8 Å². The van der Waals surface area contributed by atoms with Crippen molar-refractivity contribution in [3.63, 3.8) is 0 Å². The van der Waals surface area contributed by atoms with E-state index in [1.54, 1.807) is 25.1 Å². The van der Waals surface area contributed by atoms with Gasteiger partial charge in [0.15, 0.2) is 11.5 Å². The number of carboxylic acid groups (broad SMARTS) is 1. The molecule has 1 saturated carbocycles. The number of aliphatic carboxylic acids is 1. The fourth-order valence-electron chi connectivity index (χ4n) is 1.79. The number of methoxy groups -OCH3 is 1. The Hall–Kier alpha value is -2.57. The Morgan fingerprint density at radius 3 is 2.68 bits per heavy atom. The van der Waals surface area contributed by atoms with Crippen molar-refractivity contribution in [3.8, 4) is 11.5 Å². The Kier molecular flexibility index (Phi) is 4.98. The summed E-state index contributed by atoms with van der Waals surface area (Å²) in [5.41, 5.74) is 3.87.